The Kier molecular flexibility index (Phi) is 34.3. The molecule has 2 aliphatic carbocycles. The van der Waals surface area contributed by atoms with Crippen LogP contribution in [0, 0.1) is 32.7 Å². The number of aliphatic hydroxyl groups is 5. The molecule has 16 aromatic rings. The van der Waals surface area contributed by atoms with Crippen molar-refractivity contribution in [2.24, 2.45) is 0 Å². The molecule has 18 rings (SSSR count). The van der Waals surface area contributed by atoms with E-state index in [9.17, 15) is 41.1 Å². The second-order valence-electron chi connectivity index (χ2n) is 31.2. The lowest BCUT2D eigenvalue weighted by molar-refractivity contribution is 0.0654. The van der Waals surface area contributed by atoms with Gasteiger partial charge in [0.05, 0.1) is 124 Å². The molecule has 10 N–H and O–H groups in total. The number of ether oxygens (including phenoxy) is 4. The first-order valence-corrected chi connectivity index (χ1v) is 46.2. The first-order chi connectivity index (χ1) is 64.8. The fraction of sp³-hybridized carbons (Fsp3) is 0.289. The highest BCUT2D eigenvalue weighted by atomic mass is 127. The summed E-state index contributed by atoms with van der Waals surface area (Å²) in [6.45, 7) is -0.842. The number of aromatic nitrogens is 14. The topological polar surface area (TPSA) is 414 Å². The maximum atomic E-state index is 14.7. The number of aliphatic hydroxyl groups excluding tert-OH is 5. The molecule has 2 aliphatic rings. The average Bonchev–Trinajstić information content (AvgIpc) is 1.70. The number of Topliss-reactive ketones (excluding diaryl/α,β-unsaturated/α-hetero) is 4. The molecule has 8 aromatic heterocycles. The molecule has 28 nitrogen and oxygen atoms in total. The van der Waals surface area contributed by atoms with E-state index in [1.807, 2.05) is 61.0 Å². The van der Waals surface area contributed by atoms with Crippen LogP contribution >= 0.6 is 46.1 Å². The van der Waals surface area contributed by atoms with Gasteiger partial charge in [0.2, 0.25) is 23.3 Å². The number of ketones is 4. The van der Waals surface area contributed by atoms with Gasteiger partial charge in [0, 0.05) is 102 Å². The van der Waals surface area contributed by atoms with E-state index in [0.717, 1.165) is 110 Å². The number of carbonyl (C=O) groups is 4. The Morgan fingerprint density at radius 3 is 1.14 bits per heavy atom. The molecule has 0 spiro atoms. The van der Waals surface area contributed by atoms with Gasteiger partial charge in [-0.25, -0.2) is 22.0 Å². The molecular formula is C97H94F5IN14O14S2. The summed E-state index contributed by atoms with van der Waals surface area (Å²) in [5.41, 5.74) is 14.3. The Morgan fingerprint density at radius 1 is 0.398 bits per heavy atom. The molecule has 0 aliphatic heterocycles. The minimum atomic E-state index is -0.327. The van der Waals surface area contributed by atoms with Crippen LogP contribution < -0.4 is 0 Å². The van der Waals surface area contributed by atoms with Crippen LogP contribution in [0.3, 0.4) is 0 Å². The molecule has 690 valence electrons. The molecule has 8 aromatic carbocycles. The molecule has 0 saturated heterocycles. The number of hydrogen-bond donors (Lipinski definition) is 10. The summed E-state index contributed by atoms with van der Waals surface area (Å²) < 4.78 is 99.8. The SMILES string of the molecule is CSc1ccc(Cc2c(C(=O)COCCO)ccc3[nH]ncc23)c(F)c1.CSc1ccc(Cc2c(C(=O)COCCO)ncc3[nH]ncc23)c(F)c1.O=C(COCCO)c1ccc2[nH]ncc2c1Cc1ccc(C2CC2)cc1F.O=C(COCCO)c1ncc2[nH]ncc2c1Cc1ccc(C2CC2)cc1F.OCCCc1nnc(-c2ccc3[nH]ncc3c2Cc2ccc(I)cc2F)o1. The lowest BCUT2D eigenvalue weighted by atomic mass is 9.93. The van der Waals surface area contributed by atoms with Crippen molar-refractivity contribution in [1.29, 1.82) is 0 Å². The molecular weight excluding hydrogens is 1870 g/mol. The van der Waals surface area contributed by atoms with Gasteiger partial charge in [0.1, 0.15) is 66.9 Å². The number of halogens is 6. The third-order valence-electron chi connectivity index (χ3n) is 22.3. The van der Waals surface area contributed by atoms with E-state index in [-0.39, 0.29) is 169 Å². The highest BCUT2D eigenvalue weighted by Crippen LogP contribution is 2.43. The van der Waals surface area contributed by atoms with Crippen LogP contribution in [-0.2, 0) is 57.5 Å². The highest BCUT2D eigenvalue weighted by molar-refractivity contribution is 14.1. The Hall–Kier alpha value is -12.1. The summed E-state index contributed by atoms with van der Waals surface area (Å²) in [5.74, 6) is -0.597. The lowest BCUT2D eigenvalue weighted by Crippen LogP contribution is -2.15. The minimum absolute atomic E-state index is 0.0655. The second-order valence-corrected chi connectivity index (χ2v) is 34.2. The van der Waals surface area contributed by atoms with E-state index in [4.69, 9.17) is 48.9 Å². The molecule has 0 radical (unpaired) electrons. The Bertz CT molecular complexity index is 6450. The Balaban J connectivity index is 0.000000134. The van der Waals surface area contributed by atoms with Gasteiger partial charge in [-0.2, -0.15) is 25.5 Å². The average molecular weight is 1970 g/mol. The first-order valence-electron chi connectivity index (χ1n) is 42.7. The van der Waals surface area contributed by atoms with Crippen LogP contribution in [0.25, 0.3) is 66.0 Å². The van der Waals surface area contributed by atoms with Crippen molar-refractivity contribution >= 4 is 124 Å². The molecule has 133 heavy (non-hydrogen) atoms. The Morgan fingerprint density at radius 2 is 0.752 bits per heavy atom. The van der Waals surface area contributed by atoms with E-state index >= 15 is 0 Å². The van der Waals surface area contributed by atoms with E-state index in [2.05, 4.69) is 93.7 Å². The van der Waals surface area contributed by atoms with E-state index in [1.165, 1.54) is 54.1 Å². The van der Waals surface area contributed by atoms with Gasteiger partial charge in [-0.15, -0.1) is 33.7 Å². The number of nitrogens with zero attached hydrogens (tertiary/aromatic N) is 9. The zero-order valence-corrected chi connectivity index (χ0v) is 76.1. The zero-order valence-electron chi connectivity index (χ0n) is 72.3. The lowest BCUT2D eigenvalue weighted by Gasteiger charge is -2.12. The zero-order chi connectivity index (χ0) is 93.4. The van der Waals surface area contributed by atoms with E-state index in [0.29, 0.717) is 116 Å². The number of rotatable bonds is 38. The molecule has 2 fully saturated rings. The molecule has 0 amide bonds. The summed E-state index contributed by atoms with van der Waals surface area (Å²) in [4.78, 5) is 60.3. The van der Waals surface area contributed by atoms with Crippen molar-refractivity contribution in [3.63, 3.8) is 0 Å². The standard InChI is InChI=1S/C21H21FN2O3.C20H20FN3O3.C19H16FIN4O2.C19H19FN2O3S.C18H18FN3O3S/c22-19-10-14(13-1-2-13)3-4-15(19)9-17-16(21(26)12-27-8-7-25)5-6-20-18(17)11-23-24-20;21-17-8-13(12-1-2-12)3-4-14(17)7-15-16-9-23-24-18(16)10-22-20(15)19(26)11-27-6-5-25;20-16-9-12(21)4-3-11(16)8-14-13(5-6-17-15(14)10-22-23-17)19-25-24-18(27-19)2-1-7-26;1-26-13-3-2-12(17(20)9-13)8-15-14(19(24)11-25-7-6-23)4-5-18-16(15)10-21-22-18;1-26-12-3-2-11(15(19)7-12)6-13-14-8-21-22-16(14)9-20-18(13)17(24)10-25-5-4-23/h3-6,10-11,13,25H,1-2,7-9,12H2,(H,23,24);3-4,8-10,12,25H,1-2,5-7,11H2,(H,23,24);3-6,9-10,26H,1-2,7-8H2,(H,22,23);2-5,9-10,23H,6-8,11H2,1H3,(H,21,22);2-3,7-9,23H,4-6,10H2,1H3,(H,21,22). The summed E-state index contributed by atoms with van der Waals surface area (Å²) in [6.07, 6.45) is 22.0. The number of pyridine rings is 2. The Labute approximate surface area is 780 Å². The van der Waals surface area contributed by atoms with Gasteiger partial charge in [-0.1, -0.05) is 42.5 Å². The molecule has 2 saturated carbocycles. The number of fused-ring (bicyclic) bond motifs is 5. The quantitative estimate of drug-likeness (QED) is 0.00565. The number of carbonyl (C=O) groups excluding carboxylic acids is 4. The molecule has 36 heteroatoms. The van der Waals surface area contributed by atoms with Crippen LogP contribution in [0.4, 0.5) is 22.0 Å². The van der Waals surface area contributed by atoms with Gasteiger partial charge in [-0.05, 0) is 231 Å². The normalized spacial score (nSPS) is 12.4. The summed E-state index contributed by atoms with van der Waals surface area (Å²) in [7, 11) is 0. The van der Waals surface area contributed by atoms with Crippen molar-refractivity contribution in [2.75, 3.05) is 98.4 Å². The van der Waals surface area contributed by atoms with Gasteiger partial charge in [0.25, 0.3) is 0 Å². The number of nitrogens with one attached hydrogen (secondary N) is 5. The van der Waals surface area contributed by atoms with Crippen molar-refractivity contribution in [2.45, 2.75) is 92.3 Å². The van der Waals surface area contributed by atoms with Crippen LogP contribution in [0.5, 0.6) is 0 Å². The van der Waals surface area contributed by atoms with Crippen LogP contribution in [0.15, 0.2) is 185 Å². The molecule has 0 bridgehead atoms. The minimum Gasteiger partial charge on any atom is -0.421 e. The van der Waals surface area contributed by atoms with Crippen molar-refractivity contribution in [3.8, 4) is 11.5 Å². The number of H-pyrrole nitrogens is 5. The number of aromatic amines is 5. The van der Waals surface area contributed by atoms with Crippen molar-refractivity contribution in [1.82, 2.24) is 71.2 Å². The number of benzene rings is 8. The summed E-state index contributed by atoms with van der Waals surface area (Å²) >= 11 is 5.03. The smallest absolute Gasteiger partial charge is 0.248 e. The monoisotopic (exact) mass is 1960 g/mol. The number of hydrogen-bond acceptors (Lipinski definition) is 25. The predicted octanol–water partition coefficient (Wildman–Crippen LogP) is 15.8. The largest absolute Gasteiger partial charge is 0.421 e. The maximum absolute atomic E-state index is 14.7. The van der Waals surface area contributed by atoms with Gasteiger partial charge >= 0.3 is 0 Å². The van der Waals surface area contributed by atoms with Gasteiger partial charge in [-0.3, -0.25) is 54.6 Å². The third-order valence-corrected chi connectivity index (χ3v) is 24.4. The van der Waals surface area contributed by atoms with Gasteiger partial charge in [0.15, 0.2) is 11.6 Å². The summed E-state index contributed by atoms with van der Waals surface area (Å²) in [5, 5.41) is 90.8. The highest BCUT2D eigenvalue weighted by Gasteiger charge is 2.29. The predicted molar refractivity (Wildman–Crippen MR) is 500 cm³/mol. The summed E-state index contributed by atoms with van der Waals surface area (Å²) in [6, 6.07) is 36.9. The van der Waals surface area contributed by atoms with E-state index in [1.54, 1.807) is 91.6 Å². The van der Waals surface area contributed by atoms with Crippen LogP contribution in [0.2, 0.25) is 0 Å². The first kappa shape index (κ1) is 97.0. The second kappa shape index (κ2) is 47.0. The van der Waals surface area contributed by atoms with Crippen molar-refractivity contribution in [3.05, 3.63) is 299 Å². The fourth-order valence-electron chi connectivity index (χ4n) is 15.2. The van der Waals surface area contributed by atoms with Gasteiger partial charge < -0.3 is 48.9 Å². The molecule has 0 atom stereocenters. The van der Waals surface area contributed by atoms with Crippen LogP contribution in [0.1, 0.15) is 158 Å². The van der Waals surface area contributed by atoms with Crippen molar-refractivity contribution < 1.29 is 90.0 Å². The number of aryl methyl sites for hydroxylation is 1. The number of thioether (sulfide) groups is 2. The third kappa shape index (κ3) is 24.9. The van der Waals surface area contributed by atoms with E-state index < -0.39 is 0 Å². The fourth-order valence-corrected chi connectivity index (χ4v) is 16.5. The molecule has 0 unspecified atom stereocenters. The van der Waals surface area contributed by atoms with Crippen LogP contribution in [-0.4, -0.2) is 218 Å². The maximum Gasteiger partial charge on any atom is 0.248 e. The molecule has 8 heterocycles.